The highest BCUT2D eigenvalue weighted by atomic mass is 31.2. The summed E-state index contributed by atoms with van der Waals surface area (Å²) in [6, 6.07) is 0. The van der Waals surface area contributed by atoms with E-state index in [1.54, 1.807) is 0 Å². The number of H-pyrrole nitrogens is 1. The normalized spacial score (nSPS) is 24.3. The van der Waals surface area contributed by atoms with Gasteiger partial charge in [-0.1, -0.05) is 5.92 Å². The molecule has 0 saturated carbocycles. The van der Waals surface area contributed by atoms with Crippen LogP contribution in [-0.2, 0) is 13.8 Å². The van der Waals surface area contributed by atoms with Crippen LogP contribution in [0.25, 0.3) is 0 Å². The SMILES string of the molecule is CC#Cc1cn([C@H]2C[C@@H](OP(=O)(O)O)[C@@H](CO)O2)c(=O)[nH]c1=O. The minimum atomic E-state index is -4.78. The van der Waals surface area contributed by atoms with E-state index < -0.39 is 44.1 Å². The monoisotopic (exact) mass is 346 g/mol. The average molecular weight is 346 g/mol. The molecule has 1 aromatic rings. The quantitative estimate of drug-likeness (QED) is 0.386. The topological polar surface area (TPSA) is 151 Å². The molecule has 0 amide bonds. The molecular formula is C12H15N2O8P. The predicted octanol–water partition coefficient (Wildman–Crippen LogP) is -1.33. The first-order valence-electron chi connectivity index (χ1n) is 6.53. The summed E-state index contributed by atoms with van der Waals surface area (Å²) in [4.78, 5) is 43.3. The molecule has 10 nitrogen and oxygen atoms in total. The third-order valence-corrected chi connectivity index (χ3v) is 3.72. The Bertz CT molecular complexity index is 798. The Kier molecular flexibility index (Phi) is 5.21. The first-order valence-corrected chi connectivity index (χ1v) is 8.06. The van der Waals surface area contributed by atoms with Crippen molar-refractivity contribution in [1.82, 2.24) is 9.55 Å². The molecule has 4 N–H and O–H groups in total. The van der Waals surface area contributed by atoms with E-state index in [0.717, 1.165) is 4.57 Å². The number of phosphoric ester groups is 1. The maximum absolute atomic E-state index is 11.9. The summed E-state index contributed by atoms with van der Waals surface area (Å²) in [7, 11) is -4.78. The van der Waals surface area contributed by atoms with Gasteiger partial charge in [-0.2, -0.15) is 0 Å². The summed E-state index contributed by atoms with van der Waals surface area (Å²) in [5, 5.41) is 9.22. The van der Waals surface area contributed by atoms with Crippen LogP contribution in [0, 0.1) is 11.8 Å². The molecule has 23 heavy (non-hydrogen) atoms. The van der Waals surface area contributed by atoms with Crippen LogP contribution in [0.1, 0.15) is 25.1 Å². The van der Waals surface area contributed by atoms with E-state index in [0.29, 0.717) is 0 Å². The van der Waals surface area contributed by atoms with E-state index in [1.807, 2.05) is 0 Å². The van der Waals surface area contributed by atoms with Gasteiger partial charge in [0.1, 0.15) is 24.0 Å². The molecule has 1 saturated heterocycles. The number of nitrogens with one attached hydrogen (secondary N) is 1. The second kappa shape index (κ2) is 6.80. The summed E-state index contributed by atoms with van der Waals surface area (Å²) in [5.74, 6) is 5.06. The van der Waals surface area contributed by atoms with Gasteiger partial charge in [0.2, 0.25) is 0 Å². The van der Waals surface area contributed by atoms with Crippen molar-refractivity contribution in [3.05, 3.63) is 32.6 Å². The molecule has 1 aliphatic rings. The van der Waals surface area contributed by atoms with Gasteiger partial charge in [0.25, 0.3) is 5.56 Å². The molecule has 1 aliphatic heterocycles. The Hall–Kier alpha value is -1.73. The molecule has 0 aromatic carbocycles. The lowest BCUT2D eigenvalue weighted by Gasteiger charge is -2.16. The van der Waals surface area contributed by atoms with Gasteiger partial charge in [-0.15, -0.1) is 5.92 Å². The van der Waals surface area contributed by atoms with Gasteiger partial charge in [0, 0.05) is 12.6 Å². The molecule has 0 bridgehead atoms. The molecule has 2 heterocycles. The van der Waals surface area contributed by atoms with Crippen LogP contribution in [-0.4, -0.2) is 43.3 Å². The van der Waals surface area contributed by atoms with E-state index in [9.17, 15) is 19.3 Å². The molecule has 0 radical (unpaired) electrons. The van der Waals surface area contributed by atoms with Crippen LogP contribution < -0.4 is 11.2 Å². The Morgan fingerprint density at radius 1 is 1.52 bits per heavy atom. The van der Waals surface area contributed by atoms with Crippen LogP contribution in [0.5, 0.6) is 0 Å². The predicted molar refractivity (Wildman–Crippen MR) is 76.4 cm³/mol. The van der Waals surface area contributed by atoms with Crippen LogP contribution >= 0.6 is 7.82 Å². The van der Waals surface area contributed by atoms with Crippen molar-refractivity contribution in [2.75, 3.05) is 6.61 Å². The summed E-state index contributed by atoms with van der Waals surface area (Å²) in [5.41, 5.74) is -1.38. The maximum atomic E-state index is 11.9. The van der Waals surface area contributed by atoms with Gasteiger partial charge in [-0.25, -0.2) is 9.36 Å². The van der Waals surface area contributed by atoms with Crippen LogP contribution in [0.15, 0.2) is 15.8 Å². The Balaban J connectivity index is 2.34. The standard InChI is InChI=1S/C12H15N2O8P/c1-2-3-7-5-14(12(17)13-11(7)16)10-4-8(9(6-15)21-10)22-23(18,19)20/h5,8-10,15H,4,6H2,1H3,(H,13,16,17)(H2,18,19,20)/t8-,9-,10-/m1/s1. The zero-order valence-electron chi connectivity index (χ0n) is 12.0. The average Bonchev–Trinajstić information content (AvgIpc) is 2.82. The number of nitrogens with zero attached hydrogens (tertiary/aromatic N) is 1. The number of hydrogen-bond donors (Lipinski definition) is 4. The molecule has 3 atom stereocenters. The van der Waals surface area contributed by atoms with Crippen molar-refractivity contribution in [1.29, 1.82) is 0 Å². The van der Waals surface area contributed by atoms with Gasteiger partial charge >= 0.3 is 13.5 Å². The lowest BCUT2D eigenvalue weighted by Crippen LogP contribution is -2.33. The Morgan fingerprint density at radius 3 is 2.78 bits per heavy atom. The van der Waals surface area contributed by atoms with Crippen molar-refractivity contribution in [3.63, 3.8) is 0 Å². The molecule has 11 heteroatoms. The Morgan fingerprint density at radius 2 is 2.22 bits per heavy atom. The fraction of sp³-hybridized carbons (Fsp3) is 0.500. The van der Waals surface area contributed by atoms with Gasteiger partial charge in [-0.3, -0.25) is 18.9 Å². The Labute approximate surface area is 129 Å². The highest BCUT2D eigenvalue weighted by Crippen LogP contribution is 2.43. The third kappa shape index (κ3) is 4.17. The van der Waals surface area contributed by atoms with Crippen molar-refractivity contribution >= 4 is 7.82 Å². The summed E-state index contributed by atoms with van der Waals surface area (Å²) >= 11 is 0. The molecule has 0 unspecified atom stereocenters. The maximum Gasteiger partial charge on any atom is 0.469 e. The van der Waals surface area contributed by atoms with Gasteiger partial charge in [-0.05, 0) is 6.92 Å². The fourth-order valence-corrected chi connectivity index (χ4v) is 2.82. The molecule has 0 aliphatic carbocycles. The highest BCUT2D eigenvalue weighted by molar-refractivity contribution is 7.46. The van der Waals surface area contributed by atoms with E-state index in [2.05, 4.69) is 21.3 Å². The first kappa shape index (κ1) is 17.6. The van der Waals surface area contributed by atoms with Gasteiger partial charge in [0.15, 0.2) is 0 Å². The largest absolute Gasteiger partial charge is 0.469 e. The molecular weight excluding hydrogens is 331 g/mol. The van der Waals surface area contributed by atoms with Crippen LogP contribution in [0.3, 0.4) is 0 Å². The summed E-state index contributed by atoms with van der Waals surface area (Å²) < 4.78 is 21.9. The number of aliphatic hydroxyl groups is 1. The number of phosphoric acid groups is 1. The molecule has 0 spiro atoms. The number of ether oxygens (including phenoxy) is 1. The number of aromatic amines is 1. The first-order chi connectivity index (χ1) is 10.7. The van der Waals surface area contributed by atoms with Crippen molar-refractivity contribution in [2.45, 2.75) is 31.8 Å². The zero-order valence-corrected chi connectivity index (χ0v) is 12.9. The van der Waals surface area contributed by atoms with Crippen molar-refractivity contribution in [2.24, 2.45) is 0 Å². The van der Waals surface area contributed by atoms with Gasteiger partial charge in [0.05, 0.1) is 6.61 Å². The second-order valence-corrected chi connectivity index (χ2v) is 5.96. The fourth-order valence-electron chi connectivity index (χ4n) is 2.25. The summed E-state index contributed by atoms with van der Waals surface area (Å²) in [6.45, 7) is 0.966. The molecule has 1 fully saturated rings. The van der Waals surface area contributed by atoms with Crippen LogP contribution in [0.4, 0.5) is 0 Å². The van der Waals surface area contributed by atoms with Crippen molar-refractivity contribution < 1.29 is 28.7 Å². The number of hydrogen-bond acceptors (Lipinski definition) is 6. The molecule has 1 aromatic heterocycles. The highest BCUT2D eigenvalue weighted by Gasteiger charge is 2.40. The number of aromatic nitrogens is 2. The summed E-state index contributed by atoms with van der Waals surface area (Å²) in [6.07, 6.45) is -2.00. The molecule has 2 rings (SSSR count). The van der Waals surface area contributed by atoms with E-state index >= 15 is 0 Å². The minimum absolute atomic E-state index is 0.0376. The molecule has 126 valence electrons. The second-order valence-electron chi connectivity index (χ2n) is 4.77. The zero-order chi connectivity index (χ0) is 17.2. The smallest absolute Gasteiger partial charge is 0.394 e. The lowest BCUT2D eigenvalue weighted by molar-refractivity contribution is -0.0452. The van der Waals surface area contributed by atoms with E-state index in [-0.39, 0.29) is 12.0 Å². The van der Waals surface area contributed by atoms with Gasteiger partial charge < -0.3 is 19.6 Å². The van der Waals surface area contributed by atoms with Crippen LogP contribution in [0.2, 0.25) is 0 Å². The minimum Gasteiger partial charge on any atom is -0.394 e. The van der Waals surface area contributed by atoms with Crippen molar-refractivity contribution in [3.8, 4) is 11.8 Å². The van der Waals surface area contributed by atoms with E-state index in [1.165, 1.54) is 13.1 Å². The van der Waals surface area contributed by atoms with E-state index in [4.69, 9.17) is 14.5 Å². The number of aliphatic hydroxyl groups excluding tert-OH is 1. The lowest BCUT2D eigenvalue weighted by atomic mass is 10.2. The third-order valence-electron chi connectivity index (χ3n) is 3.17. The number of rotatable bonds is 4.